The van der Waals surface area contributed by atoms with Gasteiger partial charge in [-0.05, 0) is 31.0 Å². The lowest BCUT2D eigenvalue weighted by Gasteiger charge is -2.03. The third-order valence-electron chi connectivity index (χ3n) is 4.16. The summed E-state index contributed by atoms with van der Waals surface area (Å²) >= 11 is 0. The fourth-order valence-corrected chi connectivity index (χ4v) is 2.69. The minimum Gasteiger partial charge on any atom is -0.353 e. The van der Waals surface area contributed by atoms with E-state index in [1.807, 2.05) is 36.4 Å². The van der Waals surface area contributed by atoms with Gasteiger partial charge < -0.3 is 11.1 Å². The number of hydrogen-bond donors (Lipinski definition) is 2. The first-order chi connectivity index (χ1) is 11.8. The van der Waals surface area contributed by atoms with Crippen molar-refractivity contribution in [3.05, 3.63) is 42.0 Å². The van der Waals surface area contributed by atoms with E-state index in [-0.39, 0.29) is 5.91 Å². The number of benzene rings is 1. The Bertz CT molecular complexity index is 442. The van der Waals surface area contributed by atoms with Gasteiger partial charge in [0.05, 0.1) is 0 Å². The highest BCUT2D eigenvalue weighted by molar-refractivity contribution is 5.91. The van der Waals surface area contributed by atoms with Crippen molar-refractivity contribution in [3.63, 3.8) is 0 Å². The Morgan fingerprint density at radius 3 is 1.96 bits per heavy atom. The second kappa shape index (κ2) is 14.9. The van der Waals surface area contributed by atoms with E-state index in [0.29, 0.717) is 0 Å². The quantitative estimate of drug-likeness (QED) is 0.384. The smallest absolute Gasteiger partial charge is 0.243 e. The van der Waals surface area contributed by atoms with Crippen LogP contribution >= 0.6 is 0 Å². The lowest BCUT2D eigenvalue weighted by atomic mass is 10.1. The van der Waals surface area contributed by atoms with Crippen LogP contribution in [0.3, 0.4) is 0 Å². The number of amides is 1. The van der Waals surface area contributed by atoms with Crippen molar-refractivity contribution >= 4 is 12.0 Å². The summed E-state index contributed by atoms with van der Waals surface area (Å²) in [5.41, 5.74) is 6.53. The minimum atomic E-state index is -0.00340. The first-order valence-corrected chi connectivity index (χ1v) is 9.54. The molecular weight excluding hydrogens is 296 g/mol. The molecule has 0 spiro atoms. The van der Waals surface area contributed by atoms with E-state index in [1.54, 1.807) is 6.08 Å². The van der Waals surface area contributed by atoms with Crippen LogP contribution in [0.15, 0.2) is 36.4 Å². The minimum absolute atomic E-state index is 0.00340. The zero-order chi connectivity index (χ0) is 17.3. The van der Waals surface area contributed by atoms with Crippen LogP contribution in [0.5, 0.6) is 0 Å². The van der Waals surface area contributed by atoms with Gasteiger partial charge in [0.15, 0.2) is 0 Å². The van der Waals surface area contributed by atoms with Gasteiger partial charge in [-0.15, -0.1) is 0 Å². The Morgan fingerprint density at radius 2 is 1.38 bits per heavy atom. The molecule has 0 aliphatic heterocycles. The van der Waals surface area contributed by atoms with E-state index in [2.05, 4.69) is 5.32 Å². The van der Waals surface area contributed by atoms with Crippen LogP contribution in [-0.2, 0) is 4.79 Å². The van der Waals surface area contributed by atoms with Crippen LogP contribution in [0.4, 0.5) is 0 Å². The van der Waals surface area contributed by atoms with Crippen molar-refractivity contribution in [3.8, 4) is 0 Å². The first-order valence-electron chi connectivity index (χ1n) is 9.54. The number of unbranched alkanes of at least 4 members (excludes halogenated alkanes) is 9. The lowest BCUT2D eigenvalue weighted by molar-refractivity contribution is -0.116. The summed E-state index contributed by atoms with van der Waals surface area (Å²) in [5, 5.41) is 2.95. The molecule has 0 aliphatic carbocycles. The van der Waals surface area contributed by atoms with Crippen LogP contribution in [-0.4, -0.2) is 19.0 Å². The van der Waals surface area contributed by atoms with Crippen LogP contribution in [0.25, 0.3) is 6.08 Å². The van der Waals surface area contributed by atoms with Gasteiger partial charge in [0.1, 0.15) is 0 Å². The van der Waals surface area contributed by atoms with Gasteiger partial charge in [0, 0.05) is 12.6 Å². The fraction of sp³-hybridized carbons (Fsp3) is 0.571. The number of carbonyl (C=O) groups excluding carboxylic acids is 1. The Hall–Kier alpha value is -1.61. The molecule has 0 saturated heterocycles. The number of hydrogen-bond acceptors (Lipinski definition) is 2. The van der Waals surface area contributed by atoms with E-state index in [9.17, 15) is 4.79 Å². The van der Waals surface area contributed by atoms with Crippen molar-refractivity contribution in [2.75, 3.05) is 13.1 Å². The lowest BCUT2D eigenvalue weighted by Crippen LogP contribution is -2.21. The van der Waals surface area contributed by atoms with Crippen molar-refractivity contribution in [1.29, 1.82) is 0 Å². The Balaban J connectivity index is 1.88. The Morgan fingerprint density at radius 1 is 0.833 bits per heavy atom. The van der Waals surface area contributed by atoms with Crippen molar-refractivity contribution in [2.45, 2.75) is 64.2 Å². The summed E-state index contributed by atoms with van der Waals surface area (Å²) < 4.78 is 0. The summed E-state index contributed by atoms with van der Waals surface area (Å²) in [5.74, 6) is -0.00340. The molecule has 1 amide bonds. The zero-order valence-electron chi connectivity index (χ0n) is 15.0. The summed E-state index contributed by atoms with van der Waals surface area (Å²) in [6.07, 6.45) is 16.2. The Labute approximate surface area is 147 Å². The molecule has 3 nitrogen and oxygen atoms in total. The van der Waals surface area contributed by atoms with Gasteiger partial charge >= 0.3 is 0 Å². The van der Waals surface area contributed by atoms with E-state index < -0.39 is 0 Å². The maximum atomic E-state index is 11.7. The van der Waals surface area contributed by atoms with Gasteiger partial charge in [-0.3, -0.25) is 4.79 Å². The highest BCUT2D eigenvalue weighted by Gasteiger charge is 1.96. The van der Waals surface area contributed by atoms with Crippen LogP contribution in [0.1, 0.15) is 69.8 Å². The monoisotopic (exact) mass is 330 g/mol. The fourth-order valence-electron chi connectivity index (χ4n) is 2.69. The highest BCUT2D eigenvalue weighted by atomic mass is 16.1. The standard InChI is InChI=1S/C21H34N2O/c22-18-12-7-5-3-1-2-4-6-8-13-19-23-21(24)17-16-20-14-10-9-11-15-20/h9-11,14-17H,1-8,12-13,18-19,22H2,(H,23,24). The average Bonchev–Trinajstić information content (AvgIpc) is 2.62. The molecule has 0 atom stereocenters. The topological polar surface area (TPSA) is 55.1 Å². The molecule has 3 heteroatoms. The highest BCUT2D eigenvalue weighted by Crippen LogP contribution is 2.10. The predicted octanol–water partition coefficient (Wildman–Crippen LogP) is 4.68. The number of nitrogens with two attached hydrogens (primary N) is 1. The molecule has 0 aliphatic rings. The van der Waals surface area contributed by atoms with Gasteiger partial charge in [-0.1, -0.05) is 81.7 Å². The molecule has 1 rings (SSSR count). The van der Waals surface area contributed by atoms with E-state index in [1.165, 1.54) is 57.8 Å². The van der Waals surface area contributed by atoms with Gasteiger partial charge in [0.25, 0.3) is 0 Å². The number of rotatable bonds is 14. The second-order valence-electron chi connectivity index (χ2n) is 6.36. The summed E-state index contributed by atoms with van der Waals surface area (Å²) in [4.78, 5) is 11.7. The molecule has 0 bridgehead atoms. The predicted molar refractivity (Wildman–Crippen MR) is 104 cm³/mol. The molecule has 1 aromatic carbocycles. The third kappa shape index (κ3) is 11.9. The molecule has 0 radical (unpaired) electrons. The largest absolute Gasteiger partial charge is 0.353 e. The van der Waals surface area contributed by atoms with Gasteiger partial charge in [0.2, 0.25) is 5.91 Å². The number of nitrogens with one attached hydrogen (secondary N) is 1. The molecule has 24 heavy (non-hydrogen) atoms. The summed E-state index contributed by atoms with van der Waals surface area (Å²) in [6, 6.07) is 9.89. The van der Waals surface area contributed by atoms with Crippen LogP contribution < -0.4 is 11.1 Å². The van der Waals surface area contributed by atoms with Crippen molar-refractivity contribution < 1.29 is 4.79 Å². The molecule has 3 N–H and O–H groups in total. The van der Waals surface area contributed by atoms with Crippen molar-refractivity contribution in [1.82, 2.24) is 5.32 Å². The Kier molecular flexibility index (Phi) is 12.7. The maximum absolute atomic E-state index is 11.7. The molecule has 0 unspecified atom stereocenters. The van der Waals surface area contributed by atoms with Crippen LogP contribution in [0, 0.1) is 0 Å². The van der Waals surface area contributed by atoms with Crippen molar-refractivity contribution in [2.24, 2.45) is 5.73 Å². The molecular formula is C21H34N2O. The molecule has 0 heterocycles. The first kappa shape index (κ1) is 20.4. The molecule has 0 aromatic heterocycles. The SMILES string of the molecule is NCCCCCCCCCCCCNC(=O)C=Cc1ccccc1. The van der Waals surface area contributed by atoms with E-state index >= 15 is 0 Å². The zero-order valence-corrected chi connectivity index (χ0v) is 15.0. The summed E-state index contributed by atoms with van der Waals surface area (Å²) in [6.45, 7) is 1.61. The average molecular weight is 331 g/mol. The van der Waals surface area contributed by atoms with Gasteiger partial charge in [-0.2, -0.15) is 0 Å². The number of carbonyl (C=O) groups is 1. The molecule has 1 aromatic rings. The molecule has 0 fully saturated rings. The van der Waals surface area contributed by atoms with E-state index in [0.717, 1.165) is 25.1 Å². The second-order valence-corrected chi connectivity index (χ2v) is 6.36. The molecule has 134 valence electrons. The molecule has 0 saturated carbocycles. The maximum Gasteiger partial charge on any atom is 0.243 e. The van der Waals surface area contributed by atoms with Crippen LogP contribution in [0.2, 0.25) is 0 Å². The summed E-state index contributed by atoms with van der Waals surface area (Å²) in [7, 11) is 0. The van der Waals surface area contributed by atoms with E-state index in [4.69, 9.17) is 5.73 Å². The van der Waals surface area contributed by atoms with Gasteiger partial charge in [-0.25, -0.2) is 0 Å². The third-order valence-corrected chi connectivity index (χ3v) is 4.16. The normalized spacial score (nSPS) is 11.0.